The predicted octanol–water partition coefficient (Wildman–Crippen LogP) is 4.91. The number of hydrogen-bond donors (Lipinski definition) is 1. The normalized spacial score (nSPS) is 22.7. The molecule has 1 N–H and O–H groups in total. The molecule has 3 aromatic rings. The van der Waals surface area contributed by atoms with Crippen molar-refractivity contribution in [2.75, 3.05) is 39.3 Å². The van der Waals surface area contributed by atoms with Crippen molar-refractivity contribution < 1.29 is 9.59 Å². The lowest BCUT2D eigenvalue weighted by Gasteiger charge is -2.44. The first-order chi connectivity index (χ1) is 19.2. The fourth-order valence-electron chi connectivity index (χ4n) is 6.64. The van der Waals surface area contributed by atoms with Gasteiger partial charge in [0.25, 0.3) is 5.91 Å². The van der Waals surface area contributed by atoms with Crippen LogP contribution in [0.3, 0.4) is 0 Å². The summed E-state index contributed by atoms with van der Waals surface area (Å²) < 4.78 is 0. The number of fused-ring (bicyclic) bond motifs is 1. The molecule has 0 radical (unpaired) electrons. The molecule has 1 saturated carbocycles. The van der Waals surface area contributed by atoms with Crippen molar-refractivity contribution in [1.29, 1.82) is 0 Å². The van der Waals surface area contributed by atoms with Gasteiger partial charge in [-0.15, -0.1) is 11.3 Å². The van der Waals surface area contributed by atoms with E-state index in [-0.39, 0.29) is 23.9 Å². The van der Waals surface area contributed by atoms with Gasteiger partial charge in [0.2, 0.25) is 5.91 Å². The molecule has 6 rings (SSSR count). The lowest BCUT2D eigenvalue weighted by molar-refractivity contribution is -0.124. The number of piperazine rings is 1. The summed E-state index contributed by atoms with van der Waals surface area (Å²) >= 11 is 1.65. The van der Waals surface area contributed by atoms with Gasteiger partial charge >= 0.3 is 0 Å². The highest BCUT2D eigenvalue weighted by Crippen LogP contribution is 2.47. The van der Waals surface area contributed by atoms with E-state index in [1.807, 2.05) is 30.3 Å². The molecule has 2 unspecified atom stereocenters. The Morgan fingerprint density at radius 1 is 0.872 bits per heavy atom. The van der Waals surface area contributed by atoms with Crippen LogP contribution < -0.4 is 5.32 Å². The number of hydrogen-bond acceptors (Lipinski definition) is 5. The van der Waals surface area contributed by atoms with Crippen LogP contribution >= 0.6 is 11.3 Å². The topological polar surface area (TPSA) is 55.9 Å². The Bertz CT molecular complexity index is 1250. The Kier molecular flexibility index (Phi) is 8.09. The van der Waals surface area contributed by atoms with E-state index in [0.717, 1.165) is 75.4 Å². The number of amides is 2. The minimum Gasteiger partial charge on any atom is -0.354 e. The van der Waals surface area contributed by atoms with Crippen molar-refractivity contribution in [2.24, 2.45) is 0 Å². The Morgan fingerprint density at radius 3 is 2.33 bits per heavy atom. The molecule has 6 nitrogen and oxygen atoms in total. The summed E-state index contributed by atoms with van der Waals surface area (Å²) in [5.74, 6) is -0.298. The van der Waals surface area contributed by atoms with Gasteiger partial charge in [-0.25, -0.2) is 0 Å². The van der Waals surface area contributed by atoms with Crippen molar-refractivity contribution in [3.63, 3.8) is 0 Å². The molecule has 1 aromatic heterocycles. The summed E-state index contributed by atoms with van der Waals surface area (Å²) in [6.45, 7) is 6.55. The van der Waals surface area contributed by atoms with E-state index >= 15 is 0 Å². The van der Waals surface area contributed by atoms with Gasteiger partial charge in [0, 0.05) is 62.3 Å². The lowest BCUT2D eigenvalue weighted by atomic mass is 9.80. The Labute approximate surface area is 235 Å². The van der Waals surface area contributed by atoms with Crippen molar-refractivity contribution >= 4 is 23.2 Å². The number of carbonyl (C=O) groups is 2. The van der Waals surface area contributed by atoms with Crippen LogP contribution in [0, 0.1) is 0 Å². The molecule has 39 heavy (non-hydrogen) atoms. The number of nitrogens with zero attached hydrogens (tertiary/aromatic N) is 3. The first kappa shape index (κ1) is 26.2. The van der Waals surface area contributed by atoms with Gasteiger partial charge in [-0.3, -0.25) is 19.4 Å². The average molecular weight is 543 g/mol. The summed E-state index contributed by atoms with van der Waals surface area (Å²) in [7, 11) is 0. The minimum atomic E-state index is -0.402. The van der Waals surface area contributed by atoms with Crippen molar-refractivity contribution in [3.8, 4) is 0 Å². The molecule has 2 amide bonds. The molecular weight excluding hydrogens is 504 g/mol. The second-order valence-electron chi connectivity index (χ2n) is 11.1. The molecular formula is C32H38N4O2S. The second-order valence-corrected chi connectivity index (χ2v) is 12.0. The molecule has 1 aliphatic carbocycles. The molecule has 2 atom stereocenters. The fraction of sp³-hybridized carbons (Fsp3) is 0.438. The van der Waals surface area contributed by atoms with E-state index in [2.05, 4.69) is 61.8 Å². The highest BCUT2D eigenvalue weighted by atomic mass is 32.1. The average Bonchev–Trinajstić information content (AvgIpc) is 3.70. The molecule has 2 fully saturated rings. The van der Waals surface area contributed by atoms with Gasteiger partial charge in [0.1, 0.15) is 0 Å². The highest BCUT2D eigenvalue weighted by Gasteiger charge is 2.47. The minimum absolute atomic E-state index is 0.0269. The molecule has 2 aromatic carbocycles. The monoisotopic (exact) mass is 542 g/mol. The van der Waals surface area contributed by atoms with Gasteiger partial charge in [-0.1, -0.05) is 67.4 Å². The summed E-state index contributed by atoms with van der Waals surface area (Å²) in [5, 5.41) is 5.34. The van der Waals surface area contributed by atoms with Gasteiger partial charge in [-0.05, 0) is 41.5 Å². The summed E-state index contributed by atoms with van der Waals surface area (Å²) in [4.78, 5) is 35.9. The van der Waals surface area contributed by atoms with E-state index in [0.29, 0.717) is 12.1 Å². The molecule has 1 saturated heterocycles. The summed E-state index contributed by atoms with van der Waals surface area (Å²) in [5.41, 5.74) is 2.91. The van der Waals surface area contributed by atoms with E-state index in [1.54, 1.807) is 11.3 Å². The maximum absolute atomic E-state index is 14.0. The number of benzene rings is 2. The van der Waals surface area contributed by atoms with Crippen LogP contribution in [-0.2, 0) is 11.3 Å². The Morgan fingerprint density at radius 2 is 1.59 bits per heavy atom. The molecule has 0 bridgehead atoms. The zero-order chi connectivity index (χ0) is 26.6. The van der Waals surface area contributed by atoms with Crippen LogP contribution in [0.1, 0.15) is 64.0 Å². The Hall–Kier alpha value is -3.00. The third kappa shape index (κ3) is 5.67. The summed E-state index contributed by atoms with van der Waals surface area (Å²) in [6, 6.07) is 22.5. The SMILES string of the molecule is O=C(NCCN1CCN(Cc2ccccc2)CC1)C1c2ccccc2C(=O)N(C2CCCC2)C1c1cccs1. The van der Waals surface area contributed by atoms with E-state index in [4.69, 9.17) is 0 Å². The predicted molar refractivity (Wildman–Crippen MR) is 156 cm³/mol. The van der Waals surface area contributed by atoms with Crippen LogP contribution in [0.5, 0.6) is 0 Å². The zero-order valence-electron chi connectivity index (χ0n) is 22.5. The maximum atomic E-state index is 14.0. The number of rotatable bonds is 8. The van der Waals surface area contributed by atoms with Gasteiger partial charge in [-0.2, -0.15) is 0 Å². The van der Waals surface area contributed by atoms with Gasteiger partial charge in [0.05, 0.1) is 12.0 Å². The highest BCUT2D eigenvalue weighted by molar-refractivity contribution is 7.10. The van der Waals surface area contributed by atoms with Crippen molar-refractivity contribution in [2.45, 2.75) is 50.2 Å². The molecule has 204 valence electrons. The van der Waals surface area contributed by atoms with Crippen LogP contribution in [-0.4, -0.2) is 71.8 Å². The molecule has 7 heteroatoms. The van der Waals surface area contributed by atoms with Crippen molar-refractivity contribution in [1.82, 2.24) is 20.0 Å². The molecule has 3 aliphatic rings. The van der Waals surface area contributed by atoms with Crippen LogP contribution in [0.25, 0.3) is 0 Å². The number of carbonyl (C=O) groups excluding carboxylic acids is 2. The summed E-state index contributed by atoms with van der Waals surface area (Å²) in [6.07, 6.45) is 4.31. The first-order valence-electron chi connectivity index (χ1n) is 14.4. The molecule has 3 heterocycles. The fourth-order valence-corrected chi connectivity index (χ4v) is 7.50. The zero-order valence-corrected chi connectivity index (χ0v) is 23.3. The number of nitrogens with one attached hydrogen (secondary N) is 1. The maximum Gasteiger partial charge on any atom is 0.254 e. The third-order valence-electron chi connectivity index (χ3n) is 8.65. The smallest absolute Gasteiger partial charge is 0.254 e. The van der Waals surface area contributed by atoms with E-state index in [1.165, 1.54) is 5.56 Å². The molecule has 2 aliphatic heterocycles. The molecule has 0 spiro atoms. The number of thiophene rings is 1. The van der Waals surface area contributed by atoms with Gasteiger partial charge in [0.15, 0.2) is 0 Å². The lowest BCUT2D eigenvalue weighted by Crippen LogP contribution is -2.51. The quantitative estimate of drug-likeness (QED) is 0.440. The van der Waals surface area contributed by atoms with Gasteiger partial charge < -0.3 is 10.2 Å². The third-order valence-corrected chi connectivity index (χ3v) is 9.60. The standard InChI is InChI=1S/C32H38N4O2S/c37-31(33-16-17-34-18-20-35(21-19-34)23-24-9-2-1-3-10-24)29-26-13-6-7-14-27(26)32(38)36(25-11-4-5-12-25)30(29)28-15-8-22-39-28/h1-3,6-10,13-15,22,25,29-30H,4-5,11-12,16-21,23H2,(H,33,37). The second kappa shape index (κ2) is 12.0. The van der Waals surface area contributed by atoms with Crippen LogP contribution in [0.2, 0.25) is 0 Å². The van der Waals surface area contributed by atoms with Crippen LogP contribution in [0.15, 0.2) is 72.1 Å². The van der Waals surface area contributed by atoms with Crippen molar-refractivity contribution in [3.05, 3.63) is 93.7 Å². The van der Waals surface area contributed by atoms with E-state index in [9.17, 15) is 9.59 Å². The largest absolute Gasteiger partial charge is 0.354 e. The Balaban J connectivity index is 1.13. The van der Waals surface area contributed by atoms with Crippen LogP contribution in [0.4, 0.5) is 0 Å². The van der Waals surface area contributed by atoms with E-state index < -0.39 is 5.92 Å². The first-order valence-corrected chi connectivity index (χ1v) is 15.3.